The number of aromatic nitrogens is 2. The van der Waals surface area contributed by atoms with Crippen molar-refractivity contribution in [1.82, 2.24) is 9.78 Å². The summed E-state index contributed by atoms with van der Waals surface area (Å²) in [4.78, 5) is 22.9. The molecule has 3 rings (SSSR count). The Hall–Kier alpha value is -2.62. The molecule has 1 N–H and O–H groups in total. The molecule has 138 valence electrons. The largest absolute Gasteiger partial charge is 0.416 e. The number of nitrogens with one attached hydrogen (secondary N) is 1. The molecular formula is C15H12ClF3N4O3. The lowest BCUT2D eigenvalue weighted by Gasteiger charge is -2.40. The van der Waals surface area contributed by atoms with Gasteiger partial charge in [-0.05, 0) is 37.5 Å². The van der Waals surface area contributed by atoms with E-state index in [1.54, 1.807) is 0 Å². The van der Waals surface area contributed by atoms with Gasteiger partial charge in [-0.2, -0.15) is 18.3 Å². The van der Waals surface area contributed by atoms with Gasteiger partial charge in [0.2, 0.25) is 0 Å². The van der Waals surface area contributed by atoms with E-state index in [-0.39, 0.29) is 16.4 Å². The molecule has 1 aliphatic rings. The van der Waals surface area contributed by atoms with Crippen LogP contribution in [-0.4, -0.2) is 20.6 Å². The van der Waals surface area contributed by atoms with Gasteiger partial charge in [0.25, 0.3) is 5.91 Å². The van der Waals surface area contributed by atoms with Crippen LogP contribution in [0.3, 0.4) is 0 Å². The highest BCUT2D eigenvalue weighted by Crippen LogP contribution is 2.41. The summed E-state index contributed by atoms with van der Waals surface area (Å²) in [5.74, 6) is -0.539. The number of hydrogen-bond donors (Lipinski definition) is 1. The van der Waals surface area contributed by atoms with E-state index in [0.29, 0.717) is 19.3 Å². The van der Waals surface area contributed by atoms with Gasteiger partial charge in [-0.3, -0.25) is 14.9 Å². The van der Waals surface area contributed by atoms with Crippen LogP contribution in [0.2, 0.25) is 5.02 Å². The Kier molecular flexibility index (Phi) is 4.39. The minimum absolute atomic E-state index is 0.0256. The van der Waals surface area contributed by atoms with Crippen LogP contribution in [0.5, 0.6) is 0 Å². The highest BCUT2D eigenvalue weighted by molar-refractivity contribution is 6.33. The fourth-order valence-corrected chi connectivity index (χ4v) is 2.97. The first kappa shape index (κ1) is 18.2. The normalized spacial score (nSPS) is 16.0. The van der Waals surface area contributed by atoms with Crippen LogP contribution < -0.4 is 5.32 Å². The molecule has 7 nitrogen and oxygen atoms in total. The molecule has 0 aliphatic heterocycles. The van der Waals surface area contributed by atoms with E-state index in [0.717, 1.165) is 30.6 Å². The lowest BCUT2D eigenvalue weighted by atomic mass is 9.76. The predicted molar refractivity (Wildman–Crippen MR) is 85.8 cm³/mol. The number of amides is 1. The lowest BCUT2D eigenvalue weighted by molar-refractivity contribution is -0.385. The summed E-state index contributed by atoms with van der Waals surface area (Å²) >= 11 is 5.86. The summed E-state index contributed by atoms with van der Waals surface area (Å²) in [5, 5.41) is 16.9. The van der Waals surface area contributed by atoms with Gasteiger partial charge >= 0.3 is 11.9 Å². The first-order valence-corrected chi connectivity index (χ1v) is 7.89. The lowest BCUT2D eigenvalue weighted by Crippen LogP contribution is -2.51. The highest BCUT2D eigenvalue weighted by atomic mass is 35.5. The van der Waals surface area contributed by atoms with Gasteiger partial charge in [0.15, 0.2) is 0 Å². The van der Waals surface area contributed by atoms with Crippen molar-refractivity contribution in [3.63, 3.8) is 0 Å². The number of benzene rings is 1. The third-order valence-electron chi connectivity index (χ3n) is 4.37. The van der Waals surface area contributed by atoms with Crippen molar-refractivity contribution in [2.24, 2.45) is 0 Å². The highest BCUT2D eigenvalue weighted by Gasteiger charge is 2.47. The molecule has 2 aromatic rings. The standard InChI is InChI=1S/C15H12ClF3N4O3/c16-11-6-9(15(17,18)19)2-3-12(11)21-13(24)14(4-1-5-14)22-8-10(7-20-22)23(25)26/h2-3,6-8H,1,4-5H2,(H,21,24). The van der Waals surface area contributed by atoms with Crippen LogP contribution in [0.25, 0.3) is 0 Å². The van der Waals surface area contributed by atoms with Crippen molar-refractivity contribution in [3.05, 3.63) is 51.3 Å². The molecule has 0 unspecified atom stereocenters. The quantitative estimate of drug-likeness (QED) is 0.633. The molecule has 0 spiro atoms. The third kappa shape index (κ3) is 3.12. The molecule has 1 aromatic carbocycles. The van der Waals surface area contributed by atoms with Gasteiger partial charge in [-0.25, -0.2) is 4.68 Å². The number of rotatable bonds is 4. The molecule has 0 saturated heterocycles. The summed E-state index contributed by atoms with van der Waals surface area (Å²) in [6.07, 6.45) is -0.839. The smallest absolute Gasteiger partial charge is 0.323 e. The molecule has 0 atom stereocenters. The van der Waals surface area contributed by atoms with Crippen LogP contribution in [0.15, 0.2) is 30.6 Å². The Morgan fingerprint density at radius 1 is 1.38 bits per heavy atom. The Balaban J connectivity index is 1.85. The van der Waals surface area contributed by atoms with Gasteiger partial charge in [-0.1, -0.05) is 11.6 Å². The topological polar surface area (TPSA) is 90.1 Å². The first-order chi connectivity index (χ1) is 12.1. The van der Waals surface area contributed by atoms with E-state index >= 15 is 0 Å². The molecule has 1 aliphatic carbocycles. The van der Waals surface area contributed by atoms with Crippen LogP contribution in [0, 0.1) is 10.1 Å². The number of nitro groups is 1. The zero-order valence-electron chi connectivity index (χ0n) is 13.1. The third-order valence-corrected chi connectivity index (χ3v) is 4.68. The summed E-state index contributed by atoms with van der Waals surface area (Å²) in [5.41, 5.74) is -2.28. The van der Waals surface area contributed by atoms with Crippen molar-refractivity contribution >= 4 is 28.9 Å². The molecule has 1 fully saturated rings. The summed E-state index contributed by atoms with van der Waals surface area (Å²) < 4.78 is 39.3. The Morgan fingerprint density at radius 3 is 2.54 bits per heavy atom. The van der Waals surface area contributed by atoms with Crippen LogP contribution in [0.4, 0.5) is 24.5 Å². The van der Waals surface area contributed by atoms with Crippen molar-refractivity contribution in [3.8, 4) is 0 Å². The average molecular weight is 389 g/mol. The number of nitrogens with zero attached hydrogens (tertiary/aromatic N) is 3. The second-order valence-electron chi connectivity index (χ2n) is 5.93. The van der Waals surface area contributed by atoms with E-state index in [1.807, 2.05) is 0 Å². The van der Waals surface area contributed by atoms with E-state index in [4.69, 9.17) is 11.6 Å². The van der Waals surface area contributed by atoms with Crippen molar-refractivity contribution in [1.29, 1.82) is 0 Å². The molecule has 1 aromatic heterocycles. The van der Waals surface area contributed by atoms with Gasteiger partial charge < -0.3 is 5.32 Å². The molecule has 0 radical (unpaired) electrons. The molecule has 26 heavy (non-hydrogen) atoms. The maximum atomic E-state index is 12.7. The molecule has 0 bridgehead atoms. The molecule has 11 heteroatoms. The summed E-state index contributed by atoms with van der Waals surface area (Å²) in [7, 11) is 0. The maximum absolute atomic E-state index is 12.7. The number of carbonyl (C=O) groups excluding carboxylic acids is 1. The fourth-order valence-electron chi connectivity index (χ4n) is 2.74. The maximum Gasteiger partial charge on any atom is 0.416 e. The Morgan fingerprint density at radius 2 is 2.08 bits per heavy atom. The van der Waals surface area contributed by atoms with Crippen LogP contribution in [0.1, 0.15) is 24.8 Å². The second kappa shape index (κ2) is 6.27. The Labute approximate surface area is 149 Å². The minimum atomic E-state index is -4.55. The monoisotopic (exact) mass is 388 g/mol. The van der Waals surface area contributed by atoms with Gasteiger partial charge in [0.05, 0.1) is 21.2 Å². The van der Waals surface area contributed by atoms with Crippen molar-refractivity contribution < 1.29 is 22.9 Å². The number of halogens is 4. The van der Waals surface area contributed by atoms with Crippen molar-refractivity contribution in [2.45, 2.75) is 31.0 Å². The molecule has 1 heterocycles. The van der Waals surface area contributed by atoms with Crippen molar-refractivity contribution in [2.75, 3.05) is 5.32 Å². The Bertz CT molecular complexity index is 877. The zero-order chi connectivity index (χ0) is 19.1. The molecular weight excluding hydrogens is 377 g/mol. The number of anilines is 1. The predicted octanol–water partition coefficient (Wildman–Crippen LogP) is 3.98. The van der Waals surface area contributed by atoms with Gasteiger partial charge in [-0.15, -0.1) is 0 Å². The van der Waals surface area contributed by atoms with Gasteiger partial charge in [0.1, 0.15) is 17.9 Å². The van der Waals surface area contributed by atoms with E-state index in [9.17, 15) is 28.1 Å². The fraction of sp³-hybridized carbons (Fsp3) is 0.333. The molecule has 1 amide bonds. The summed E-state index contributed by atoms with van der Waals surface area (Å²) in [6.45, 7) is 0. The summed E-state index contributed by atoms with van der Waals surface area (Å²) in [6, 6.07) is 2.61. The van der Waals surface area contributed by atoms with Crippen LogP contribution >= 0.6 is 11.6 Å². The number of hydrogen-bond acceptors (Lipinski definition) is 4. The van der Waals surface area contributed by atoms with Crippen LogP contribution in [-0.2, 0) is 16.5 Å². The van der Waals surface area contributed by atoms with E-state index < -0.39 is 28.1 Å². The average Bonchev–Trinajstić information content (AvgIpc) is 2.97. The zero-order valence-corrected chi connectivity index (χ0v) is 13.8. The SMILES string of the molecule is O=C(Nc1ccc(C(F)(F)F)cc1Cl)C1(n2cc([N+](=O)[O-])cn2)CCC1. The minimum Gasteiger partial charge on any atom is -0.323 e. The first-order valence-electron chi connectivity index (χ1n) is 7.51. The van der Waals surface area contributed by atoms with Gasteiger partial charge in [0, 0.05) is 0 Å². The van der Waals surface area contributed by atoms with E-state index in [2.05, 4.69) is 10.4 Å². The van der Waals surface area contributed by atoms with E-state index in [1.165, 1.54) is 4.68 Å². The number of carbonyl (C=O) groups is 1. The molecule has 1 saturated carbocycles. The second-order valence-corrected chi connectivity index (χ2v) is 6.34. The number of alkyl halides is 3.